The minimum Gasteiger partial charge on any atom is -0.207 e. The van der Waals surface area contributed by atoms with Crippen molar-refractivity contribution in [2.75, 3.05) is 0 Å². The van der Waals surface area contributed by atoms with Crippen molar-refractivity contribution in [3.05, 3.63) is 54.1 Å². The van der Waals surface area contributed by atoms with Gasteiger partial charge in [0.05, 0.1) is 4.90 Å². The van der Waals surface area contributed by atoms with Gasteiger partial charge in [-0.1, -0.05) is 48.0 Å². The first-order chi connectivity index (χ1) is 7.98. The third kappa shape index (κ3) is 2.68. The molecule has 0 amide bonds. The highest BCUT2D eigenvalue weighted by molar-refractivity contribution is 8.13. The van der Waals surface area contributed by atoms with Crippen LogP contribution in [0.25, 0.3) is 11.1 Å². The van der Waals surface area contributed by atoms with Gasteiger partial charge in [-0.05, 0) is 18.6 Å². The van der Waals surface area contributed by atoms with Crippen molar-refractivity contribution in [3.63, 3.8) is 0 Å². The molecule has 0 aliphatic carbocycles. The van der Waals surface area contributed by atoms with E-state index in [0.717, 1.165) is 11.1 Å². The molecular formula is C13H11ClO2S. The van der Waals surface area contributed by atoms with E-state index in [1.54, 1.807) is 18.2 Å². The second kappa shape index (κ2) is 4.51. The van der Waals surface area contributed by atoms with Gasteiger partial charge in [0.15, 0.2) is 0 Å². The average Bonchev–Trinajstić information content (AvgIpc) is 2.28. The van der Waals surface area contributed by atoms with Gasteiger partial charge in [-0.25, -0.2) is 8.42 Å². The molecule has 0 fully saturated rings. The Morgan fingerprint density at radius 1 is 1.00 bits per heavy atom. The monoisotopic (exact) mass is 266 g/mol. The smallest absolute Gasteiger partial charge is 0.207 e. The van der Waals surface area contributed by atoms with Crippen molar-refractivity contribution in [1.29, 1.82) is 0 Å². The number of aryl methyl sites for hydroxylation is 1. The van der Waals surface area contributed by atoms with Gasteiger partial charge >= 0.3 is 0 Å². The van der Waals surface area contributed by atoms with Crippen LogP contribution in [-0.4, -0.2) is 8.42 Å². The van der Waals surface area contributed by atoms with Crippen LogP contribution in [0.4, 0.5) is 0 Å². The van der Waals surface area contributed by atoms with Crippen molar-refractivity contribution in [3.8, 4) is 11.1 Å². The maximum Gasteiger partial charge on any atom is 0.261 e. The quantitative estimate of drug-likeness (QED) is 0.779. The molecule has 0 spiro atoms. The van der Waals surface area contributed by atoms with E-state index >= 15 is 0 Å². The second-order valence-corrected chi connectivity index (χ2v) is 6.34. The fraction of sp³-hybridized carbons (Fsp3) is 0.0769. The molecule has 0 atom stereocenters. The Kier molecular flexibility index (Phi) is 3.22. The highest BCUT2D eigenvalue weighted by Gasteiger charge is 2.15. The van der Waals surface area contributed by atoms with Gasteiger partial charge < -0.3 is 0 Å². The molecule has 2 aromatic carbocycles. The summed E-state index contributed by atoms with van der Waals surface area (Å²) in [7, 11) is 1.70. The Balaban J connectivity index is 2.69. The van der Waals surface area contributed by atoms with E-state index in [0.29, 0.717) is 5.56 Å². The van der Waals surface area contributed by atoms with E-state index in [1.807, 2.05) is 31.2 Å². The Hall–Kier alpha value is -1.32. The molecule has 2 nitrogen and oxygen atoms in total. The lowest BCUT2D eigenvalue weighted by atomic mass is 10.0. The van der Waals surface area contributed by atoms with Crippen LogP contribution in [0.5, 0.6) is 0 Å². The van der Waals surface area contributed by atoms with Gasteiger partial charge in [-0.2, -0.15) is 0 Å². The fourth-order valence-electron chi connectivity index (χ4n) is 1.73. The largest absolute Gasteiger partial charge is 0.261 e. The fourth-order valence-corrected chi connectivity index (χ4v) is 2.82. The first-order valence-corrected chi connectivity index (χ1v) is 7.40. The molecule has 0 N–H and O–H groups in total. The van der Waals surface area contributed by atoms with Crippen molar-refractivity contribution in [2.24, 2.45) is 0 Å². The molecule has 88 valence electrons. The average molecular weight is 267 g/mol. The van der Waals surface area contributed by atoms with Crippen LogP contribution in [0, 0.1) is 6.92 Å². The van der Waals surface area contributed by atoms with Crippen molar-refractivity contribution >= 4 is 19.7 Å². The summed E-state index contributed by atoms with van der Waals surface area (Å²) in [5.41, 5.74) is 2.56. The summed E-state index contributed by atoms with van der Waals surface area (Å²) >= 11 is 0. The van der Waals surface area contributed by atoms with Gasteiger partial charge in [-0.15, -0.1) is 0 Å². The van der Waals surface area contributed by atoms with Gasteiger partial charge in [0, 0.05) is 16.2 Å². The van der Waals surface area contributed by atoms with Crippen molar-refractivity contribution in [1.82, 2.24) is 0 Å². The minimum absolute atomic E-state index is 0.146. The molecule has 2 rings (SSSR count). The molecule has 0 saturated carbocycles. The predicted octanol–water partition coefficient (Wildman–Crippen LogP) is 3.59. The summed E-state index contributed by atoms with van der Waals surface area (Å²) in [6.07, 6.45) is 0. The minimum atomic E-state index is -3.72. The van der Waals surface area contributed by atoms with Crippen LogP contribution < -0.4 is 0 Å². The molecular weight excluding hydrogens is 256 g/mol. The molecule has 2 aromatic rings. The molecule has 0 saturated heterocycles. The summed E-state index contributed by atoms with van der Waals surface area (Å²) in [5.74, 6) is 0. The van der Waals surface area contributed by atoms with E-state index in [4.69, 9.17) is 10.7 Å². The molecule has 0 unspecified atom stereocenters. The van der Waals surface area contributed by atoms with Gasteiger partial charge in [-0.3, -0.25) is 0 Å². The first-order valence-electron chi connectivity index (χ1n) is 5.09. The Labute approximate surface area is 105 Å². The third-order valence-corrected chi connectivity index (χ3v) is 3.86. The Morgan fingerprint density at radius 2 is 1.71 bits per heavy atom. The number of hydrogen-bond donors (Lipinski definition) is 0. The van der Waals surface area contributed by atoms with E-state index in [1.165, 1.54) is 6.07 Å². The van der Waals surface area contributed by atoms with Crippen LogP contribution in [0.3, 0.4) is 0 Å². The Bertz CT molecular complexity index is 648. The molecule has 0 radical (unpaired) electrons. The van der Waals surface area contributed by atoms with Crippen LogP contribution in [-0.2, 0) is 9.05 Å². The maximum absolute atomic E-state index is 11.5. The summed E-state index contributed by atoms with van der Waals surface area (Å²) < 4.78 is 23.0. The Morgan fingerprint density at radius 3 is 2.35 bits per heavy atom. The van der Waals surface area contributed by atoms with Crippen LogP contribution in [0.15, 0.2) is 53.4 Å². The van der Waals surface area contributed by atoms with Crippen molar-refractivity contribution < 1.29 is 8.42 Å². The van der Waals surface area contributed by atoms with E-state index in [-0.39, 0.29) is 4.90 Å². The van der Waals surface area contributed by atoms with E-state index in [2.05, 4.69) is 0 Å². The zero-order chi connectivity index (χ0) is 12.5. The molecule has 4 heteroatoms. The third-order valence-electron chi connectivity index (χ3n) is 2.48. The van der Waals surface area contributed by atoms with Crippen molar-refractivity contribution in [2.45, 2.75) is 11.8 Å². The van der Waals surface area contributed by atoms with E-state index in [9.17, 15) is 8.42 Å². The van der Waals surface area contributed by atoms with Gasteiger partial charge in [0.1, 0.15) is 0 Å². The summed E-state index contributed by atoms with van der Waals surface area (Å²) in [6.45, 7) is 1.96. The molecule has 0 heterocycles. The standard InChI is InChI=1S/C13H11ClO2S/c1-10-5-4-6-11(9-10)12-7-2-3-8-13(12)17(14,15)16/h2-9H,1H3. The number of benzene rings is 2. The highest BCUT2D eigenvalue weighted by Crippen LogP contribution is 2.29. The van der Waals surface area contributed by atoms with Crippen LogP contribution >= 0.6 is 10.7 Å². The van der Waals surface area contributed by atoms with E-state index < -0.39 is 9.05 Å². The lowest BCUT2D eigenvalue weighted by Gasteiger charge is -2.07. The predicted molar refractivity (Wildman–Crippen MR) is 69.7 cm³/mol. The second-order valence-electron chi connectivity index (χ2n) is 3.80. The summed E-state index contributed by atoms with van der Waals surface area (Å²) in [4.78, 5) is 0.146. The summed E-state index contributed by atoms with van der Waals surface area (Å²) in [6, 6.07) is 14.4. The zero-order valence-corrected chi connectivity index (χ0v) is 10.8. The summed E-state index contributed by atoms with van der Waals surface area (Å²) in [5, 5.41) is 0. The molecule has 0 aliphatic heterocycles. The molecule has 0 bridgehead atoms. The van der Waals surface area contributed by atoms with Crippen LogP contribution in [0.2, 0.25) is 0 Å². The molecule has 17 heavy (non-hydrogen) atoms. The molecule has 0 aliphatic rings. The SMILES string of the molecule is Cc1cccc(-c2ccccc2S(=O)(=O)Cl)c1. The number of hydrogen-bond acceptors (Lipinski definition) is 2. The topological polar surface area (TPSA) is 34.1 Å². The first kappa shape index (κ1) is 12.1. The normalized spacial score (nSPS) is 11.4. The zero-order valence-electron chi connectivity index (χ0n) is 9.22. The highest BCUT2D eigenvalue weighted by atomic mass is 35.7. The molecule has 0 aromatic heterocycles. The van der Waals surface area contributed by atoms with Gasteiger partial charge in [0.2, 0.25) is 0 Å². The lowest BCUT2D eigenvalue weighted by Crippen LogP contribution is -1.94. The number of rotatable bonds is 2. The maximum atomic E-state index is 11.5. The van der Waals surface area contributed by atoms with Crippen LogP contribution in [0.1, 0.15) is 5.56 Å². The number of halogens is 1. The lowest BCUT2D eigenvalue weighted by molar-refractivity contribution is 0.610. The van der Waals surface area contributed by atoms with Gasteiger partial charge in [0.25, 0.3) is 9.05 Å².